The van der Waals surface area contributed by atoms with Gasteiger partial charge in [0.05, 0.1) is 13.7 Å². The van der Waals surface area contributed by atoms with Gasteiger partial charge in [-0.15, -0.1) is 0 Å². The van der Waals surface area contributed by atoms with Crippen molar-refractivity contribution in [2.75, 3.05) is 25.6 Å². The maximum Gasteiger partial charge on any atom is 0.158 e. The van der Waals surface area contributed by atoms with Crippen LogP contribution in [0.5, 0.6) is 5.75 Å². The molecular formula is C10H15N3O2. The van der Waals surface area contributed by atoms with Gasteiger partial charge in [0, 0.05) is 18.8 Å². The normalized spacial score (nSPS) is 11.2. The molecular weight excluding hydrogens is 194 g/mol. The lowest BCUT2D eigenvalue weighted by Gasteiger charge is -2.18. The van der Waals surface area contributed by atoms with Gasteiger partial charge in [-0.1, -0.05) is 11.2 Å². The Morgan fingerprint density at radius 3 is 2.93 bits per heavy atom. The van der Waals surface area contributed by atoms with Gasteiger partial charge in [-0.05, 0) is 12.1 Å². The number of benzene rings is 1. The highest BCUT2D eigenvalue weighted by Crippen LogP contribution is 2.19. The quantitative estimate of drug-likeness (QED) is 0.334. The predicted molar refractivity (Wildman–Crippen MR) is 59.7 cm³/mol. The van der Waals surface area contributed by atoms with Gasteiger partial charge in [-0.25, -0.2) is 0 Å². The number of methoxy groups -OCH3 is 1. The molecule has 1 rings (SSSR count). The van der Waals surface area contributed by atoms with E-state index in [9.17, 15) is 0 Å². The minimum Gasteiger partial charge on any atom is -0.497 e. The van der Waals surface area contributed by atoms with Crippen molar-refractivity contribution in [2.45, 2.75) is 0 Å². The summed E-state index contributed by atoms with van der Waals surface area (Å²) in [6, 6.07) is 7.55. The Kier molecular flexibility index (Phi) is 3.79. The van der Waals surface area contributed by atoms with Crippen LogP contribution < -0.4 is 15.4 Å². The molecule has 0 atom stereocenters. The summed E-state index contributed by atoms with van der Waals surface area (Å²) in [6.07, 6.45) is 0. The lowest BCUT2D eigenvalue weighted by Crippen LogP contribution is -2.30. The van der Waals surface area contributed by atoms with Crippen LogP contribution in [0.2, 0.25) is 0 Å². The molecule has 0 aromatic heterocycles. The molecule has 0 heterocycles. The molecule has 0 saturated carbocycles. The molecule has 0 bridgehead atoms. The third kappa shape index (κ3) is 3.05. The fourth-order valence-corrected chi connectivity index (χ4v) is 1.21. The first-order valence-corrected chi connectivity index (χ1v) is 4.49. The van der Waals surface area contributed by atoms with Crippen LogP contribution in [-0.2, 0) is 0 Å². The number of amidine groups is 1. The fourth-order valence-electron chi connectivity index (χ4n) is 1.21. The zero-order valence-corrected chi connectivity index (χ0v) is 8.84. The van der Waals surface area contributed by atoms with E-state index in [0.29, 0.717) is 6.54 Å². The maximum absolute atomic E-state index is 8.44. The fraction of sp³-hybridized carbons (Fsp3) is 0.300. The molecule has 1 aromatic carbocycles. The molecule has 0 radical (unpaired) electrons. The highest BCUT2D eigenvalue weighted by molar-refractivity contribution is 5.84. The van der Waals surface area contributed by atoms with Crippen LogP contribution in [0.25, 0.3) is 0 Å². The summed E-state index contributed by atoms with van der Waals surface area (Å²) >= 11 is 0. The van der Waals surface area contributed by atoms with Crippen LogP contribution in [-0.4, -0.2) is 31.7 Å². The smallest absolute Gasteiger partial charge is 0.158 e. The molecule has 15 heavy (non-hydrogen) atoms. The summed E-state index contributed by atoms with van der Waals surface area (Å²) in [6.45, 7) is 0.365. The Bertz CT molecular complexity index is 352. The monoisotopic (exact) mass is 209 g/mol. The average molecular weight is 209 g/mol. The number of anilines is 1. The van der Waals surface area contributed by atoms with Gasteiger partial charge in [0.1, 0.15) is 5.75 Å². The SMILES string of the molecule is COc1cccc(N(C)CC(N)=NO)c1. The first-order valence-electron chi connectivity index (χ1n) is 4.49. The number of nitrogens with two attached hydrogens (primary N) is 1. The molecule has 3 N–H and O–H groups in total. The van der Waals surface area contributed by atoms with Gasteiger partial charge in [0.25, 0.3) is 0 Å². The van der Waals surface area contributed by atoms with E-state index in [0.717, 1.165) is 11.4 Å². The van der Waals surface area contributed by atoms with Crippen molar-refractivity contribution in [2.24, 2.45) is 10.9 Å². The number of likely N-dealkylation sites (N-methyl/N-ethyl adjacent to an activating group) is 1. The second-order valence-corrected chi connectivity index (χ2v) is 3.15. The van der Waals surface area contributed by atoms with Crippen molar-refractivity contribution in [3.05, 3.63) is 24.3 Å². The van der Waals surface area contributed by atoms with E-state index in [1.54, 1.807) is 7.11 Å². The van der Waals surface area contributed by atoms with Crippen molar-refractivity contribution in [3.8, 4) is 5.75 Å². The van der Waals surface area contributed by atoms with Crippen LogP contribution in [0.1, 0.15) is 0 Å². The first-order chi connectivity index (χ1) is 7.17. The largest absolute Gasteiger partial charge is 0.497 e. The van der Waals surface area contributed by atoms with E-state index in [2.05, 4.69) is 5.16 Å². The summed E-state index contributed by atoms with van der Waals surface area (Å²) in [4.78, 5) is 1.86. The lowest BCUT2D eigenvalue weighted by molar-refractivity contribution is 0.317. The van der Waals surface area contributed by atoms with Crippen LogP contribution >= 0.6 is 0 Å². The average Bonchev–Trinajstić information content (AvgIpc) is 2.28. The summed E-state index contributed by atoms with van der Waals surface area (Å²) in [7, 11) is 3.47. The molecule has 5 heteroatoms. The van der Waals surface area contributed by atoms with Crippen LogP contribution in [0, 0.1) is 0 Å². The van der Waals surface area contributed by atoms with Gasteiger partial charge >= 0.3 is 0 Å². The molecule has 0 saturated heterocycles. The molecule has 0 fully saturated rings. The van der Waals surface area contributed by atoms with Crippen LogP contribution in [0.4, 0.5) is 5.69 Å². The number of hydrogen-bond donors (Lipinski definition) is 2. The molecule has 0 aliphatic heterocycles. The van der Waals surface area contributed by atoms with Gasteiger partial charge in [0.15, 0.2) is 5.84 Å². The molecule has 0 unspecified atom stereocenters. The molecule has 5 nitrogen and oxygen atoms in total. The predicted octanol–water partition coefficient (Wildman–Crippen LogP) is 0.878. The van der Waals surface area contributed by atoms with Crippen molar-refractivity contribution < 1.29 is 9.94 Å². The highest BCUT2D eigenvalue weighted by Gasteiger charge is 2.04. The molecule has 1 aromatic rings. The van der Waals surface area contributed by atoms with Crippen molar-refractivity contribution in [3.63, 3.8) is 0 Å². The summed E-state index contributed by atoms with van der Waals surface area (Å²) in [5, 5.41) is 11.4. The summed E-state index contributed by atoms with van der Waals surface area (Å²) < 4.78 is 5.10. The number of nitrogens with zero attached hydrogens (tertiary/aromatic N) is 2. The maximum atomic E-state index is 8.44. The zero-order chi connectivity index (χ0) is 11.3. The topological polar surface area (TPSA) is 71.1 Å². The number of hydrogen-bond acceptors (Lipinski definition) is 4. The number of oxime groups is 1. The molecule has 0 amide bonds. The molecule has 82 valence electrons. The minimum absolute atomic E-state index is 0.167. The van der Waals surface area contributed by atoms with Gasteiger partial charge < -0.3 is 20.6 Å². The van der Waals surface area contributed by atoms with Crippen molar-refractivity contribution in [1.29, 1.82) is 0 Å². The van der Waals surface area contributed by atoms with Gasteiger partial charge in [-0.3, -0.25) is 0 Å². The van der Waals surface area contributed by atoms with E-state index in [1.165, 1.54) is 0 Å². The van der Waals surface area contributed by atoms with E-state index < -0.39 is 0 Å². The van der Waals surface area contributed by atoms with Crippen molar-refractivity contribution in [1.82, 2.24) is 0 Å². The van der Waals surface area contributed by atoms with Gasteiger partial charge in [-0.2, -0.15) is 0 Å². The standard InChI is InChI=1S/C10H15N3O2/c1-13(7-10(11)12-14)8-4-3-5-9(6-8)15-2/h3-6,14H,7H2,1-2H3,(H2,11,12). The van der Waals surface area contributed by atoms with E-state index in [1.807, 2.05) is 36.2 Å². The summed E-state index contributed by atoms with van der Waals surface area (Å²) in [5.41, 5.74) is 6.35. The van der Waals surface area contributed by atoms with Crippen molar-refractivity contribution >= 4 is 11.5 Å². The van der Waals surface area contributed by atoms with E-state index in [4.69, 9.17) is 15.7 Å². The molecule has 0 aliphatic carbocycles. The van der Waals surface area contributed by atoms with Crippen LogP contribution in [0.3, 0.4) is 0 Å². The second kappa shape index (κ2) is 5.09. The van der Waals surface area contributed by atoms with E-state index >= 15 is 0 Å². The molecule has 0 aliphatic rings. The number of ether oxygens (including phenoxy) is 1. The Morgan fingerprint density at radius 2 is 2.33 bits per heavy atom. The highest BCUT2D eigenvalue weighted by atomic mass is 16.5. The Morgan fingerprint density at radius 1 is 1.60 bits per heavy atom. The Balaban J connectivity index is 2.77. The Hall–Kier alpha value is -1.91. The molecule has 0 spiro atoms. The van der Waals surface area contributed by atoms with Gasteiger partial charge in [0.2, 0.25) is 0 Å². The third-order valence-corrected chi connectivity index (χ3v) is 2.02. The van der Waals surface area contributed by atoms with E-state index in [-0.39, 0.29) is 5.84 Å². The zero-order valence-electron chi connectivity index (χ0n) is 8.84. The summed E-state index contributed by atoms with van der Waals surface area (Å²) in [5.74, 6) is 0.944. The number of rotatable bonds is 4. The van der Waals surface area contributed by atoms with Crippen LogP contribution in [0.15, 0.2) is 29.4 Å². The third-order valence-electron chi connectivity index (χ3n) is 2.02. The Labute approximate surface area is 88.7 Å². The first kappa shape index (κ1) is 11.2. The minimum atomic E-state index is 0.167. The lowest BCUT2D eigenvalue weighted by atomic mass is 10.3. The second-order valence-electron chi connectivity index (χ2n) is 3.15.